The monoisotopic (exact) mass is 233 g/mol. The molecule has 1 N–H and O–H groups in total. The second-order valence-corrected chi connectivity index (χ2v) is 4.87. The van der Waals surface area contributed by atoms with Crippen LogP contribution in [0.15, 0.2) is 12.3 Å². The molecule has 1 aromatic rings. The van der Waals surface area contributed by atoms with E-state index in [0.717, 1.165) is 5.82 Å². The zero-order valence-electron chi connectivity index (χ0n) is 11.2. The van der Waals surface area contributed by atoms with Crippen LogP contribution in [0.25, 0.3) is 0 Å². The molecule has 94 valence electrons. The third kappa shape index (κ3) is 2.60. The Hall–Kier alpha value is -1.09. The highest BCUT2D eigenvalue weighted by Crippen LogP contribution is 2.33. The van der Waals surface area contributed by atoms with Gasteiger partial charge < -0.3 is 5.32 Å². The molecule has 17 heavy (non-hydrogen) atoms. The molecule has 1 aromatic heterocycles. The molecule has 2 heterocycles. The number of anilines is 1. The molecule has 0 saturated carbocycles. The SMILES string of the molecule is CCCN1CCC[C@@H]1c1cnc(NC)cc1C. The van der Waals surface area contributed by atoms with Crippen LogP contribution in [-0.2, 0) is 0 Å². The maximum Gasteiger partial charge on any atom is 0.125 e. The highest BCUT2D eigenvalue weighted by molar-refractivity contribution is 5.41. The summed E-state index contributed by atoms with van der Waals surface area (Å²) in [4.78, 5) is 7.06. The minimum absolute atomic E-state index is 0.591. The van der Waals surface area contributed by atoms with Crippen LogP contribution in [0.2, 0.25) is 0 Å². The maximum atomic E-state index is 4.46. The van der Waals surface area contributed by atoms with E-state index in [1.54, 1.807) is 0 Å². The Bertz CT molecular complexity index is 376. The second kappa shape index (κ2) is 5.50. The quantitative estimate of drug-likeness (QED) is 0.866. The first-order valence-electron chi connectivity index (χ1n) is 6.64. The summed E-state index contributed by atoms with van der Waals surface area (Å²) in [5, 5.41) is 3.10. The fourth-order valence-corrected chi connectivity index (χ4v) is 2.79. The summed E-state index contributed by atoms with van der Waals surface area (Å²) in [6, 6.07) is 2.74. The van der Waals surface area contributed by atoms with Crippen LogP contribution < -0.4 is 5.32 Å². The standard InChI is InChI=1S/C14H23N3/c1-4-7-17-8-5-6-13(17)12-10-16-14(15-3)9-11(12)2/h9-10,13H,4-8H2,1-3H3,(H,15,16)/t13-/m1/s1. The van der Waals surface area contributed by atoms with E-state index in [0.29, 0.717) is 6.04 Å². The first kappa shape index (κ1) is 12.4. The van der Waals surface area contributed by atoms with Gasteiger partial charge in [-0.15, -0.1) is 0 Å². The number of nitrogens with zero attached hydrogens (tertiary/aromatic N) is 2. The van der Waals surface area contributed by atoms with Gasteiger partial charge in [0.25, 0.3) is 0 Å². The van der Waals surface area contributed by atoms with Gasteiger partial charge in [-0.3, -0.25) is 4.90 Å². The van der Waals surface area contributed by atoms with Crippen molar-refractivity contribution in [3.05, 3.63) is 23.4 Å². The molecule has 0 bridgehead atoms. The van der Waals surface area contributed by atoms with Crippen LogP contribution in [0.5, 0.6) is 0 Å². The topological polar surface area (TPSA) is 28.2 Å². The normalized spacial score (nSPS) is 20.8. The predicted molar refractivity (Wildman–Crippen MR) is 72.4 cm³/mol. The van der Waals surface area contributed by atoms with Gasteiger partial charge in [-0.2, -0.15) is 0 Å². The van der Waals surface area contributed by atoms with Crippen molar-refractivity contribution in [2.24, 2.45) is 0 Å². The van der Waals surface area contributed by atoms with E-state index < -0.39 is 0 Å². The lowest BCUT2D eigenvalue weighted by Gasteiger charge is -2.25. The lowest BCUT2D eigenvalue weighted by Crippen LogP contribution is -2.24. The molecule has 1 fully saturated rings. The zero-order chi connectivity index (χ0) is 12.3. The Balaban J connectivity index is 2.21. The molecule has 1 atom stereocenters. The minimum atomic E-state index is 0.591. The van der Waals surface area contributed by atoms with Gasteiger partial charge in [-0.05, 0) is 56.5 Å². The largest absolute Gasteiger partial charge is 0.373 e. The fraction of sp³-hybridized carbons (Fsp3) is 0.643. The van der Waals surface area contributed by atoms with Gasteiger partial charge >= 0.3 is 0 Å². The van der Waals surface area contributed by atoms with Crippen molar-refractivity contribution in [3.63, 3.8) is 0 Å². The van der Waals surface area contributed by atoms with Crippen LogP contribution in [0, 0.1) is 6.92 Å². The summed E-state index contributed by atoms with van der Waals surface area (Å²) in [6.07, 6.45) is 5.89. The number of likely N-dealkylation sites (tertiary alicyclic amines) is 1. The smallest absolute Gasteiger partial charge is 0.125 e. The molecule has 3 heteroatoms. The van der Waals surface area contributed by atoms with E-state index in [1.165, 1.54) is 43.5 Å². The van der Waals surface area contributed by atoms with Gasteiger partial charge in [-0.25, -0.2) is 4.98 Å². The molecule has 0 aromatic carbocycles. The number of nitrogens with one attached hydrogen (secondary N) is 1. The molecular weight excluding hydrogens is 210 g/mol. The van der Waals surface area contributed by atoms with Crippen molar-refractivity contribution >= 4 is 5.82 Å². The molecule has 1 aliphatic heterocycles. The minimum Gasteiger partial charge on any atom is -0.373 e. The zero-order valence-corrected chi connectivity index (χ0v) is 11.2. The van der Waals surface area contributed by atoms with E-state index >= 15 is 0 Å². The Kier molecular flexibility index (Phi) is 4.00. The highest BCUT2D eigenvalue weighted by atomic mass is 15.2. The molecule has 0 amide bonds. The summed E-state index contributed by atoms with van der Waals surface area (Å²) < 4.78 is 0. The molecule has 1 saturated heterocycles. The molecule has 0 radical (unpaired) electrons. The van der Waals surface area contributed by atoms with Crippen LogP contribution >= 0.6 is 0 Å². The van der Waals surface area contributed by atoms with E-state index in [9.17, 15) is 0 Å². The van der Waals surface area contributed by atoms with Gasteiger partial charge in [0, 0.05) is 19.3 Å². The Morgan fingerprint density at radius 2 is 2.35 bits per heavy atom. The van der Waals surface area contributed by atoms with Crippen molar-refractivity contribution in [3.8, 4) is 0 Å². The summed E-state index contributed by atoms with van der Waals surface area (Å²) in [5.41, 5.74) is 2.77. The van der Waals surface area contributed by atoms with E-state index in [4.69, 9.17) is 0 Å². The van der Waals surface area contributed by atoms with Crippen LogP contribution in [0.4, 0.5) is 5.82 Å². The van der Waals surface area contributed by atoms with Gasteiger partial charge in [0.05, 0.1) is 0 Å². The van der Waals surface area contributed by atoms with E-state index in [2.05, 4.69) is 41.3 Å². The Morgan fingerprint density at radius 3 is 3.00 bits per heavy atom. The summed E-state index contributed by atoms with van der Waals surface area (Å²) in [5.74, 6) is 0.964. The number of pyridine rings is 1. The molecule has 3 nitrogen and oxygen atoms in total. The number of rotatable bonds is 4. The number of aromatic nitrogens is 1. The summed E-state index contributed by atoms with van der Waals surface area (Å²) in [6.45, 7) is 6.90. The molecule has 1 aliphatic rings. The second-order valence-electron chi connectivity index (χ2n) is 4.87. The van der Waals surface area contributed by atoms with E-state index in [1.807, 2.05) is 7.05 Å². The summed E-state index contributed by atoms with van der Waals surface area (Å²) >= 11 is 0. The Morgan fingerprint density at radius 1 is 1.53 bits per heavy atom. The first-order chi connectivity index (χ1) is 8.26. The Labute approximate surface area is 104 Å². The van der Waals surface area contributed by atoms with Crippen molar-refractivity contribution in [2.45, 2.75) is 39.2 Å². The molecular formula is C14H23N3. The molecule has 0 aliphatic carbocycles. The van der Waals surface area contributed by atoms with Gasteiger partial charge in [-0.1, -0.05) is 6.92 Å². The third-order valence-corrected chi connectivity index (χ3v) is 3.64. The number of hydrogen-bond donors (Lipinski definition) is 1. The van der Waals surface area contributed by atoms with Crippen LogP contribution in [-0.4, -0.2) is 30.0 Å². The average Bonchev–Trinajstić information content (AvgIpc) is 2.77. The van der Waals surface area contributed by atoms with Crippen LogP contribution in [0.1, 0.15) is 43.4 Å². The predicted octanol–water partition coefficient (Wildman–Crippen LogP) is 2.98. The van der Waals surface area contributed by atoms with Crippen molar-refractivity contribution in [1.82, 2.24) is 9.88 Å². The van der Waals surface area contributed by atoms with Crippen LogP contribution in [0.3, 0.4) is 0 Å². The maximum absolute atomic E-state index is 4.46. The fourth-order valence-electron chi connectivity index (χ4n) is 2.79. The van der Waals surface area contributed by atoms with Gasteiger partial charge in [0.1, 0.15) is 5.82 Å². The van der Waals surface area contributed by atoms with E-state index in [-0.39, 0.29) is 0 Å². The van der Waals surface area contributed by atoms with Crippen molar-refractivity contribution < 1.29 is 0 Å². The lowest BCUT2D eigenvalue weighted by molar-refractivity contribution is 0.257. The molecule has 2 rings (SSSR count). The number of aryl methyl sites for hydroxylation is 1. The lowest BCUT2D eigenvalue weighted by atomic mass is 10.0. The molecule has 0 spiro atoms. The van der Waals surface area contributed by atoms with Crippen molar-refractivity contribution in [2.75, 3.05) is 25.5 Å². The average molecular weight is 233 g/mol. The summed E-state index contributed by atoms with van der Waals surface area (Å²) in [7, 11) is 1.92. The highest BCUT2D eigenvalue weighted by Gasteiger charge is 2.26. The number of hydrogen-bond acceptors (Lipinski definition) is 3. The first-order valence-corrected chi connectivity index (χ1v) is 6.64. The molecule has 0 unspecified atom stereocenters. The van der Waals surface area contributed by atoms with Gasteiger partial charge in [0.15, 0.2) is 0 Å². The third-order valence-electron chi connectivity index (χ3n) is 3.64. The van der Waals surface area contributed by atoms with Gasteiger partial charge in [0.2, 0.25) is 0 Å². The van der Waals surface area contributed by atoms with Crippen molar-refractivity contribution in [1.29, 1.82) is 0 Å².